The van der Waals surface area contributed by atoms with Gasteiger partial charge in [-0.15, -0.1) is 0 Å². The van der Waals surface area contributed by atoms with Crippen LogP contribution in [0.4, 0.5) is 0 Å². The largest absolute Gasteiger partial charge is 0.293 e. The Kier molecular flexibility index (Phi) is 5.38. The average Bonchev–Trinajstić information content (AvgIpc) is 2.72. The van der Waals surface area contributed by atoms with Crippen molar-refractivity contribution in [2.24, 2.45) is 0 Å². The monoisotopic (exact) mass is 305 g/mol. The number of rotatable bonds is 5. The molecule has 2 nitrogen and oxygen atoms in total. The van der Waals surface area contributed by atoms with Crippen molar-refractivity contribution >= 4 is 40.3 Å². The molecule has 1 aliphatic rings. The second kappa shape index (κ2) is 7.04. The van der Waals surface area contributed by atoms with E-state index in [4.69, 9.17) is 12.2 Å². The van der Waals surface area contributed by atoms with Gasteiger partial charge in [0.2, 0.25) is 0 Å². The molecule has 0 bridgehead atoms. The van der Waals surface area contributed by atoms with Gasteiger partial charge in [-0.05, 0) is 30.0 Å². The van der Waals surface area contributed by atoms with Gasteiger partial charge in [0, 0.05) is 6.54 Å². The van der Waals surface area contributed by atoms with Gasteiger partial charge in [-0.2, -0.15) is 0 Å². The highest BCUT2D eigenvalue weighted by molar-refractivity contribution is 8.26. The Hall–Kier alpha value is -1.13. The van der Waals surface area contributed by atoms with Crippen molar-refractivity contribution in [1.82, 2.24) is 4.90 Å². The molecule has 2 rings (SSSR count). The molecule has 1 aromatic carbocycles. The lowest BCUT2D eigenvalue weighted by Gasteiger charge is -2.12. The Labute approximate surface area is 130 Å². The van der Waals surface area contributed by atoms with Crippen LogP contribution in [0.2, 0.25) is 0 Å². The Bertz CT molecular complexity index is 534. The molecule has 1 amide bonds. The number of carbonyl (C=O) groups excluding carboxylic acids is 1. The van der Waals surface area contributed by atoms with Gasteiger partial charge in [-0.1, -0.05) is 68.5 Å². The highest BCUT2D eigenvalue weighted by atomic mass is 32.2. The van der Waals surface area contributed by atoms with E-state index in [9.17, 15) is 4.79 Å². The molecule has 1 fully saturated rings. The van der Waals surface area contributed by atoms with E-state index in [1.54, 1.807) is 4.90 Å². The van der Waals surface area contributed by atoms with Gasteiger partial charge in [-0.3, -0.25) is 9.69 Å². The van der Waals surface area contributed by atoms with Gasteiger partial charge in [0.25, 0.3) is 5.91 Å². The maximum Gasteiger partial charge on any atom is 0.266 e. The van der Waals surface area contributed by atoms with Crippen molar-refractivity contribution in [3.05, 3.63) is 40.3 Å². The molecule has 1 saturated heterocycles. The second-order valence-corrected chi connectivity index (χ2v) is 6.46. The molecule has 106 valence electrons. The highest BCUT2D eigenvalue weighted by Gasteiger charge is 2.31. The van der Waals surface area contributed by atoms with Gasteiger partial charge in [0.05, 0.1) is 4.91 Å². The number of unbranched alkanes of at least 4 members (excludes halogenated alkanes) is 1. The molecule has 0 saturated carbocycles. The van der Waals surface area contributed by atoms with Crippen LogP contribution < -0.4 is 0 Å². The Morgan fingerprint density at radius 3 is 2.55 bits per heavy atom. The minimum absolute atomic E-state index is 0.0491. The highest BCUT2D eigenvalue weighted by Crippen LogP contribution is 2.32. The number of amides is 1. The minimum atomic E-state index is 0.0491. The first-order valence-electron chi connectivity index (χ1n) is 7.00. The zero-order valence-electron chi connectivity index (χ0n) is 11.9. The molecule has 0 unspecified atom stereocenters. The Morgan fingerprint density at radius 2 is 1.95 bits per heavy atom. The van der Waals surface area contributed by atoms with Crippen molar-refractivity contribution in [2.75, 3.05) is 6.54 Å². The predicted octanol–water partition coefficient (Wildman–Crippen LogP) is 4.25. The van der Waals surface area contributed by atoms with Crippen LogP contribution in [0.5, 0.6) is 0 Å². The maximum atomic E-state index is 12.3. The molecule has 1 aliphatic heterocycles. The Morgan fingerprint density at radius 1 is 1.25 bits per heavy atom. The normalized spacial score (nSPS) is 17.3. The molecule has 4 heteroatoms. The minimum Gasteiger partial charge on any atom is -0.293 e. The van der Waals surface area contributed by atoms with E-state index in [0.717, 1.165) is 36.3 Å². The van der Waals surface area contributed by atoms with Crippen LogP contribution in [0, 0.1) is 0 Å². The summed E-state index contributed by atoms with van der Waals surface area (Å²) >= 11 is 6.70. The van der Waals surface area contributed by atoms with Crippen LogP contribution in [0.3, 0.4) is 0 Å². The van der Waals surface area contributed by atoms with E-state index in [2.05, 4.69) is 38.1 Å². The summed E-state index contributed by atoms with van der Waals surface area (Å²) in [6, 6.07) is 8.31. The zero-order chi connectivity index (χ0) is 14.5. The summed E-state index contributed by atoms with van der Waals surface area (Å²) in [4.78, 5) is 14.7. The third kappa shape index (κ3) is 3.49. The molecule has 0 radical (unpaired) electrons. The summed E-state index contributed by atoms with van der Waals surface area (Å²) in [6.45, 7) is 4.98. The number of carbonyl (C=O) groups is 1. The predicted molar refractivity (Wildman–Crippen MR) is 90.6 cm³/mol. The van der Waals surface area contributed by atoms with Gasteiger partial charge < -0.3 is 0 Å². The first-order valence-corrected chi connectivity index (χ1v) is 8.22. The van der Waals surface area contributed by atoms with Crippen molar-refractivity contribution in [2.45, 2.75) is 33.1 Å². The number of hydrogen-bond donors (Lipinski definition) is 0. The summed E-state index contributed by atoms with van der Waals surface area (Å²) in [5, 5.41) is 0. The fraction of sp³-hybridized carbons (Fsp3) is 0.375. The van der Waals surface area contributed by atoms with E-state index < -0.39 is 0 Å². The fourth-order valence-electron chi connectivity index (χ4n) is 2.01. The summed E-state index contributed by atoms with van der Waals surface area (Å²) in [7, 11) is 0. The van der Waals surface area contributed by atoms with Crippen molar-refractivity contribution in [3.63, 3.8) is 0 Å². The van der Waals surface area contributed by atoms with Crippen molar-refractivity contribution in [3.8, 4) is 0 Å². The van der Waals surface area contributed by atoms with Crippen LogP contribution in [-0.4, -0.2) is 21.7 Å². The molecule has 0 atom stereocenters. The van der Waals surface area contributed by atoms with Crippen LogP contribution >= 0.6 is 24.0 Å². The molecule has 1 aromatic rings. The number of hydrogen-bond acceptors (Lipinski definition) is 3. The maximum absolute atomic E-state index is 12.3. The third-order valence-electron chi connectivity index (χ3n) is 3.29. The fourth-order valence-corrected chi connectivity index (χ4v) is 3.32. The summed E-state index contributed by atoms with van der Waals surface area (Å²) in [5.41, 5.74) is 2.36. The molecule has 0 N–H and O–H groups in total. The smallest absolute Gasteiger partial charge is 0.266 e. The number of thiocarbonyl (C=S) groups is 1. The van der Waals surface area contributed by atoms with E-state index in [-0.39, 0.29) is 5.91 Å². The summed E-state index contributed by atoms with van der Waals surface area (Å²) in [5.74, 6) is 0.0491. The number of benzene rings is 1. The average molecular weight is 305 g/mol. The molecular weight excluding hydrogens is 286 g/mol. The van der Waals surface area contributed by atoms with Crippen molar-refractivity contribution < 1.29 is 4.79 Å². The van der Waals surface area contributed by atoms with Gasteiger partial charge in [0.15, 0.2) is 0 Å². The SMILES string of the molecule is CCCCN1C(=O)/C(=C\c2ccc(CC)cc2)SC1=S. The van der Waals surface area contributed by atoms with Gasteiger partial charge >= 0.3 is 0 Å². The van der Waals surface area contributed by atoms with Crippen LogP contribution in [-0.2, 0) is 11.2 Å². The second-order valence-electron chi connectivity index (χ2n) is 4.78. The standard InChI is InChI=1S/C16H19NOS2/c1-3-5-10-17-15(18)14(20-16(17)19)11-13-8-6-12(4-2)7-9-13/h6-9,11H,3-5,10H2,1-2H3/b14-11+. The lowest BCUT2D eigenvalue weighted by molar-refractivity contribution is -0.122. The molecular formula is C16H19NOS2. The molecule has 0 spiro atoms. The van der Waals surface area contributed by atoms with Gasteiger partial charge in [-0.25, -0.2) is 0 Å². The zero-order valence-corrected chi connectivity index (χ0v) is 13.5. The van der Waals surface area contributed by atoms with Crippen LogP contribution in [0.1, 0.15) is 37.8 Å². The third-order valence-corrected chi connectivity index (χ3v) is 4.67. The summed E-state index contributed by atoms with van der Waals surface area (Å²) in [6.07, 6.45) is 5.02. The molecule has 20 heavy (non-hydrogen) atoms. The molecule has 1 heterocycles. The van der Waals surface area contributed by atoms with E-state index >= 15 is 0 Å². The van der Waals surface area contributed by atoms with Gasteiger partial charge in [0.1, 0.15) is 4.32 Å². The summed E-state index contributed by atoms with van der Waals surface area (Å²) < 4.78 is 0.680. The lowest BCUT2D eigenvalue weighted by Crippen LogP contribution is -2.28. The number of nitrogens with zero attached hydrogens (tertiary/aromatic N) is 1. The van der Waals surface area contributed by atoms with E-state index in [1.165, 1.54) is 17.3 Å². The van der Waals surface area contributed by atoms with Crippen LogP contribution in [0.25, 0.3) is 6.08 Å². The van der Waals surface area contributed by atoms with Crippen LogP contribution in [0.15, 0.2) is 29.2 Å². The first-order chi connectivity index (χ1) is 9.65. The molecule has 0 aromatic heterocycles. The Balaban J connectivity index is 2.14. The first kappa shape index (κ1) is 15.3. The molecule has 0 aliphatic carbocycles. The van der Waals surface area contributed by atoms with Crippen molar-refractivity contribution in [1.29, 1.82) is 0 Å². The topological polar surface area (TPSA) is 20.3 Å². The van der Waals surface area contributed by atoms with E-state index in [0.29, 0.717) is 4.32 Å². The lowest BCUT2D eigenvalue weighted by atomic mass is 10.1. The quantitative estimate of drug-likeness (QED) is 0.599. The van der Waals surface area contributed by atoms with E-state index in [1.807, 2.05) is 6.08 Å². The number of aryl methyl sites for hydroxylation is 1. The number of thioether (sulfide) groups is 1.